The molecule has 0 amide bonds. The Labute approximate surface area is 191 Å². The normalized spacial score (nSPS) is 27.2. The maximum absolute atomic E-state index is 12.7. The smallest absolute Gasteiger partial charge is 0.348 e. The van der Waals surface area contributed by atoms with Gasteiger partial charge in [-0.3, -0.25) is 4.79 Å². The first-order chi connectivity index (χ1) is 15.1. The molecule has 2 saturated heterocycles. The third-order valence-electron chi connectivity index (χ3n) is 6.67. The van der Waals surface area contributed by atoms with Crippen molar-refractivity contribution in [1.29, 1.82) is 0 Å². The van der Waals surface area contributed by atoms with Crippen LogP contribution < -0.4 is 0 Å². The molecule has 2 aliphatic heterocycles. The van der Waals surface area contributed by atoms with E-state index in [0.29, 0.717) is 0 Å². The second kappa shape index (κ2) is 11.9. The molecule has 0 saturated carbocycles. The molecule has 31 heavy (non-hydrogen) atoms. The van der Waals surface area contributed by atoms with Crippen LogP contribution in [-0.4, -0.2) is 28.9 Å². The lowest BCUT2D eigenvalue weighted by Gasteiger charge is -2.28. The number of carbonyl (C=O) groups is 2. The van der Waals surface area contributed by atoms with E-state index in [0.717, 1.165) is 24.2 Å². The summed E-state index contributed by atoms with van der Waals surface area (Å²) in [7, 11) is 0. The molecule has 0 spiro atoms. The molecule has 4 atom stereocenters. The monoisotopic (exact) mass is 446 g/mol. The lowest BCUT2D eigenvalue weighted by Crippen LogP contribution is -2.40. The van der Waals surface area contributed by atoms with Crippen LogP contribution in [0.15, 0.2) is 35.2 Å². The van der Waals surface area contributed by atoms with Gasteiger partial charge in [0.15, 0.2) is 0 Å². The minimum absolute atomic E-state index is 0.221. The van der Waals surface area contributed by atoms with E-state index in [1.807, 2.05) is 37.3 Å². The molecule has 0 aliphatic carbocycles. The molecule has 4 nitrogen and oxygen atoms in total. The fourth-order valence-electron chi connectivity index (χ4n) is 4.86. The minimum Gasteiger partial charge on any atom is -0.459 e. The van der Waals surface area contributed by atoms with E-state index in [2.05, 4.69) is 6.92 Å². The molecule has 0 unspecified atom stereocenters. The van der Waals surface area contributed by atoms with Gasteiger partial charge >= 0.3 is 11.9 Å². The highest BCUT2D eigenvalue weighted by molar-refractivity contribution is 8.01. The predicted octanol–water partition coefficient (Wildman–Crippen LogP) is 6.71. The van der Waals surface area contributed by atoms with Crippen LogP contribution in [0.5, 0.6) is 0 Å². The van der Waals surface area contributed by atoms with Crippen LogP contribution in [0.1, 0.15) is 90.9 Å². The van der Waals surface area contributed by atoms with Gasteiger partial charge in [-0.05, 0) is 31.9 Å². The molecule has 1 aromatic rings. The Balaban J connectivity index is 1.42. The van der Waals surface area contributed by atoms with Gasteiger partial charge in [-0.2, -0.15) is 0 Å². The van der Waals surface area contributed by atoms with E-state index < -0.39 is 10.9 Å². The SMILES string of the molecule is CCCCCCCCCCCCC[C@H]1OC(=O)[C@H]2OC(=O)[C@](C)(Sc3ccccc3)[C@H]21. The number of benzene rings is 1. The molecular weight excluding hydrogens is 408 g/mol. The molecular formula is C26H38O4S. The third kappa shape index (κ3) is 6.27. The van der Waals surface area contributed by atoms with Gasteiger partial charge < -0.3 is 9.47 Å². The van der Waals surface area contributed by atoms with E-state index in [4.69, 9.17) is 9.47 Å². The van der Waals surface area contributed by atoms with Gasteiger partial charge in [0.05, 0.1) is 5.92 Å². The van der Waals surface area contributed by atoms with Crippen molar-refractivity contribution in [3.63, 3.8) is 0 Å². The molecule has 1 aromatic carbocycles. The summed E-state index contributed by atoms with van der Waals surface area (Å²) < 4.78 is 10.4. The second-order valence-corrected chi connectivity index (χ2v) is 10.7. The maximum atomic E-state index is 12.7. The highest BCUT2D eigenvalue weighted by Crippen LogP contribution is 2.51. The van der Waals surface area contributed by atoms with Crippen molar-refractivity contribution in [2.45, 2.75) is 113 Å². The number of thioether (sulfide) groups is 1. The van der Waals surface area contributed by atoms with Crippen molar-refractivity contribution >= 4 is 23.7 Å². The highest BCUT2D eigenvalue weighted by atomic mass is 32.2. The summed E-state index contributed by atoms with van der Waals surface area (Å²) >= 11 is 1.50. The van der Waals surface area contributed by atoms with Crippen molar-refractivity contribution in [1.82, 2.24) is 0 Å². The van der Waals surface area contributed by atoms with Gasteiger partial charge in [-0.1, -0.05) is 89.3 Å². The average molecular weight is 447 g/mol. The Bertz CT molecular complexity index is 707. The summed E-state index contributed by atoms with van der Waals surface area (Å²) in [6.45, 7) is 4.17. The fourth-order valence-corrected chi connectivity index (χ4v) is 6.18. The number of hydrogen-bond donors (Lipinski definition) is 0. The van der Waals surface area contributed by atoms with Crippen LogP contribution in [0.3, 0.4) is 0 Å². The zero-order valence-corrected chi connectivity index (χ0v) is 20.0. The summed E-state index contributed by atoms with van der Waals surface area (Å²) in [6, 6.07) is 9.87. The molecule has 0 aromatic heterocycles. The predicted molar refractivity (Wildman–Crippen MR) is 125 cm³/mol. The Hall–Kier alpha value is -1.49. The molecule has 0 radical (unpaired) electrons. The summed E-state index contributed by atoms with van der Waals surface area (Å²) in [6.07, 6.45) is 14.0. The fraction of sp³-hybridized carbons (Fsp3) is 0.692. The van der Waals surface area contributed by atoms with Gasteiger partial charge in [-0.15, -0.1) is 11.8 Å². The van der Waals surface area contributed by atoms with Crippen LogP contribution in [0, 0.1) is 5.92 Å². The molecule has 2 fully saturated rings. The van der Waals surface area contributed by atoms with Crippen LogP contribution in [0.25, 0.3) is 0 Å². The lowest BCUT2D eigenvalue weighted by atomic mass is 9.85. The first-order valence-electron chi connectivity index (χ1n) is 12.2. The first kappa shape index (κ1) is 24.2. The lowest BCUT2D eigenvalue weighted by molar-refractivity contribution is -0.158. The zero-order valence-electron chi connectivity index (χ0n) is 19.1. The number of hydrogen-bond acceptors (Lipinski definition) is 5. The van der Waals surface area contributed by atoms with E-state index in [1.165, 1.54) is 69.5 Å². The van der Waals surface area contributed by atoms with Gasteiger partial charge in [0.2, 0.25) is 6.10 Å². The molecule has 172 valence electrons. The number of ether oxygens (including phenoxy) is 2. The number of cyclic esters (lactones) is 1. The van der Waals surface area contributed by atoms with Crippen molar-refractivity contribution in [2.24, 2.45) is 5.92 Å². The van der Waals surface area contributed by atoms with Crippen molar-refractivity contribution < 1.29 is 19.1 Å². The van der Waals surface area contributed by atoms with Gasteiger partial charge in [0.1, 0.15) is 10.9 Å². The molecule has 3 rings (SSSR count). The summed E-state index contributed by atoms with van der Waals surface area (Å²) in [5.74, 6) is -0.887. The van der Waals surface area contributed by atoms with Crippen LogP contribution in [0.4, 0.5) is 0 Å². The number of rotatable bonds is 14. The second-order valence-electron chi connectivity index (χ2n) is 9.17. The zero-order chi connectivity index (χ0) is 22.1. The Morgan fingerprint density at radius 3 is 2.03 bits per heavy atom. The minimum atomic E-state index is -0.791. The topological polar surface area (TPSA) is 52.6 Å². The number of esters is 2. The van der Waals surface area contributed by atoms with E-state index in [-0.39, 0.29) is 24.0 Å². The molecule has 2 heterocycles. The highest BCUT2D eigenvalue weighted by Gasteiger charge is 2.65. The summed E-state index contributed by atoms with van der Waals surface area (Å²) in [5.41, 5.74) is 0. The van der Waals surface area contributed by atoms with E-state index in [9.17, 15) is 9.59 Å². The van der Waals surface area contributed by atoms with Gasteiger partial charge in [0, 0.05) is 4.90 Å². The average Bonchev–Trinajstić information content (AvgIpc) is 3.21. The Morgan fingerprint density at radius 1 is 0.839 bits per heavy atom. The van der Waals surface area contributed by atoms with Gasteiger partial charge in [-0.25, -0.2) is 4.79 Å². The van der Waals surface area contributed by atoms with E-state index >= 15 is 0 Å². The van der Waals surface area contributed by atoms with Crippen LogP contribution in [0.2, 0.25) is 0 Å². The number of unbranched alkanes of at least 4 members (excludes halogenated alkanes) is 10. The molecule has 0 bridgehead atoms. The largest absolute Gasteiger partial charge is 0.459 e. The van der Waals surface area contributed by atoms with Crippen LogP contribution >= 0.6 is 11.8 Å². The Kier molecular flexibility index (Phi) is 9.30. The summed E-state index contributed by atoms with van der Waals surface area (Å²) in [5, 5.41) is 0. The number of carbonyl (C=O) groups excluding carboxylic acids is 2. The molecule has 5 heteroatoms. The van der Waals surface area contributed by atoms with Crippen molar-refractivity contribution in [3.05, 3.63) is 30.3 Å². The van der Waals surface area contributed by atoms with Crippen molar-refractivity contribution in [3.8, 4) is 0 Å². The van der Waals surface area contributed by atoms with Crippen molar-refractivity contribution in [2.75, 3.05) is 0 Å². The maximum Gasteiger partial charge on any atom is 0.348 e. The summed E-state index contributed by atoms with van der Waals surface area (Å²) in [4.78, 5) is 26.1. The molecule has 0 N–H and O–H groups in total. The van der Waals surface area contributed by atoms with E-state index in [1.54, 1.807) is 0 Å². The quantitative estimate of drug-likeness (QED) is 0.235. The number of fused-ring (bicyclic) bond motifs is 1. The van der Waals surface area contributed by atoms with Gasteiger partial charge in [0.25, 0.3) is 0 Å². The molecule has 2 aliphatic rings. The standard InChI is InChI=1S/C26H38O4S/c1-3-4-5-6-7-8-9-10-11-12-16-19-21-22-23(24(27)29-21)30-25(28)26(22,2)31-20-17-14-13-15-18-20/h13-15,17-18,21-23H,3-12,16,19H2,1-2H3/t21-,22+,23+,26-/m1/s1. The first-order valence-corrected chi connectivity index (χ1v) is 13.0. The third-order valence-corrected chi connectivity index (χ3v) is 8.04. The van der Waals surface area contributed by atoms with Crippen LogP contribution in [-0.2, 0) is 19.1 Å². The Morgan fingerprint density at radius 2 is 1.42 bits per heavy atom.